The van der Waals surface area contributed by atoms with Crippen molar-refractivity contribution in [1.82, 2.24) is 10.6 Å². The Hall–Kier alpha value is -2.76. The lowest BCUT2D eigenvalue weighted by Gasteiger charge is -2.24. The number of halogens is 2. The predicted molar refractivity (Wildman–Crippen MR) is 110 cm³/mol. The van der Waals surface area contributed by atoms with Crippen LogP contribution in [0.1, 0.15) is 68.1 Å². The van der Waals surface area contributed by atoms with Crippen LogP contribution in [0.4, 0.5) is 8.78 Å². The van der Waals surface area contributed by atoms with E-state index < -0.39 is 35.1 Å². The molecule has 2 N–H and O–H groups in total. The predicted octanol–water partition coefficient (Wildman–Crippen LogP) is 4.72. The Kier molecular flexibility index (Phi) is 7.48. The van der Waals surface area contributed by atoms with E-state index in [1.165, 1.54) is 11.6 Å². The molecular formula is C23H28F2N2O2. The molecule has 4 nitrogen and oxygen atoms in total. The van der Waals surface area contributed by atoms with Gasteiger partial charge in [-0.05, 0) is 42.0 Å². The lowest BCUT2D eigenvalue weighted by molar-refractivity contribution is -0.124. The van der Waals surface area contributed by atoms with Crippen molar-refractivity contribution in [3.8, 4) is 0 Å². The summed E-state index contributed by atoms with van der Waals surface area (Å²) < 4.78 is 27.7. The van der Waals surface area contributed by atoms with Crippen LogP contribution in [0, 0.1) is 17.6 Å². The maximum atomic E-state index is 13.9. The van der Waals surface area contributed by atoms with Gasteiger partial charge in [0.25, 0.3) is 5.91 Å². The average Bonchev–Trinajstić information content (AvgIpc) is 2.65. The van der Waals surface area contributed by atoms with Crippen LogP contribution in [-0.2, 0) is 4.79 Å². The normalized spacial score (nSPS) is 13.3. The van der Waals surface area contributed by atoms with E-state index in [0.29, 0.717) is 5.92 Å². The minimum absolute atomic E-state index is 0.274. The van der Waals surface area contributed by atoms with Gasteiger partial charge in [0, 0.05) is 0 Å². The van der Waals surface area contributed by atoms with Crippen molar-refractivity contribution in [2.45, 2.75) is 52.6 Å². The molecule has 0 fully saturated rings. The summed E-state index contributed by atoms with van der Waals surface area (Å²) in [6, 6.07) is 9.93. The molecule has 0 saturated carbocycles. The Bertz CT molecular complexity index is 843. The molecule has 2 amide bonds. The lowest BCUT2D eigenvalue weighted by Crippen LogP contribution is -2.50. The molecule has 0 radical (unpaired) electrons. The number of hydrogen-bond donors (Lipinski definition) is 2. The second kappa shape index (κ2) is 9.63. The van der Waals surface area contributed by atoms with Crippen LogP contribution in [-0.4, -0.2) is 17.9 Å². The van der Waals surface area contributed by atoms with Crippen molar-refractivity contribution >= 4 is 11.8 Å². The summed E-state index contributed by atoms with van der Waals surface area (Å²) in [6.45, 7) is 9.57. The molecule has 0 spiro atoms. The van der Waals surface area contributed by atoms with Gasteiger partial charge in [-0.2, -0.15) is 0 Å². The van der Waals surface area contributed by atoms with Crippen LogP contribution >= 0.6 is 0 Å². The van der Waals surface area contributed by atoms with Crippen LogP contribution in [0.3, 0.4) is 0 Å². The van der Waals surface area contributed by atoms with Gasteiger partial charge in [-0.25, -0.2) is 8.78 Å². The van der Waals surface area contributed by atoms with E-state index in [1.807, 2.05) is 31.2 Å². The molecule has 0 aliphatic heterocycles. The number of hydrogen-bond acceptors (Lipinski definition) is 2. The third kappa shape index (κ3) is 5.62. The molecule has 0 aliphatic carbocycles. The number of nitrogens with one attached hydrogen (secondary N) is 2. The molecule has 6 heteroatoms. The third-order valence-electron chi connectivity index (χ3n) is 4.89. The van der Waals surface area contributed by atoms with Crippen molar-refractivity contribution < 1.29 is 18.4 Å². The number of rotatable bonds is 7. The standard InChI is InChI=1S/C23H28F2N2O2/c1-13(2)16-9-11-17(12-10-16)15(5)26-23(29)21(14(3)4)27-22(28)20-18(24)7-6-8-19(20)25/h6-15,21H,1-5H3,(H,26,29)(H,27,28)/t15?,21-/m0/s1. The van der Waals surface area contributed by atoms with Crippen LogP contribution in [0.2, 0.25) is 0 Å². The zero-order valence-corrected chi connectivity index (χ0v) is 17.4. The van der Waals surface area contributed by atoms with E-state index in [4.69, 9.17) is 0 Å². The molecule has 29 heavy (non-hydrogen) atoms. The van der Waals surface area contributed by atoms with Gasteiger partial charge in [0.1, 0.15) is 23.2 Å². The molecule has 2 rings (SSSR count). The molecule has 2 atom stereocenters. The Morgan fingerprint density at radius 3 is 1.79 bits per heavy atom. The molecule has 0 bridgehead atoms. The van der Waals surface area contributed by atoms with E-state index in [1.54, 1.807) is 13.8 Å². The van der Waals surface area contributed by atoms with Gasteiger partial charge >= 0.3 is 0 Å². The number of amides is 2. The molecule has 156 valence electrons. The van der Waals surface area contributed by atoms with Gasteiger partial charge < -0.3 is 10.6 Å². The fraction of sp³-hybridized carbons (Fsp3) is 0.391. The van der Waals surface area contributed by atoms with Gasteiger partial charge in [0.15, 0.2) is 0 Å². The molecule has 2 aromatic carbocycles. The highest BCUT2D eigenvalue weighted by atomic mass is 19.1. The quantitative estimate of drug-likeness (QED) is 0.704. The average molecular weight is 402 g/mol. The van der Waals surface area contributed by atoms with E-state index in [0.717, 1.165) is 17.7 Å². The summed E-state index contributed by atoms with van der Waals surface area (Å²) in [5, 5.41) is 5.34. The second-order valence-electron chi connectivity index (χ2n) is 7.84. The van der Waals surface area contributed by atoms with Crippen molar-refractivity contribution in [2.75, 3.05) is 0 Å². The Labute approximate surface area is 170 Å². The van der Waals surface area contributed by atoms with Crippen molar-refractivity contribution in [1.29, 1.82) is 0 Å². The minimum atomic E-state index is -0.968. The third-order valence-corrected chi connectivity index (χ3v) is 4.89. The van der Waals surface area contributed by atoms with Gasteiger partial charge in [-0.1, -0.05) is 58.0 Å². The zero-order valence-electron chi connectivity index (χ0n) is 17.4. The summed E-state index contributed by atoms with van der Waals surface area (Å²) in [4.78, 5) is 25.2. The summed E-state index contributed by atoms with van der Waals surface area (Å²) >= 11 is 0. The Morgan fingerprint density at radius 1 is 0.793 bits per heavy atom. The first-order valence-electron chi connectivity index (χ1n) is 9.77. The smallest absolute Gasteiger partial charge is 0.257 e. The summed E-state index contributed by atoms with van der Waals surface area (Å²) in [7, 11) is 0. The zero-order chi connectivity index (χ0) is 21.7. The molecule has 0 saturated heterocycles. The fourth-order valence-corrected chi connectivity index (χ4v) is 3.02. The summed E-state index contributed by atoms with van der Waals surface area (Å²) in [5.41, 5.74) is 1.44. The minimum Gasteiger partial charge on any atom is -0.348 e. The van der Waals surface area contributed by atoms with Crippen molar-refractivity contribution in [2.24, 2.45) is 5.92 Å². The summed E-state index contributed by atoms with van der Waals surface area (Å²) in [5.74, 6) is -3.17. The lowest BCUT2D eigenvalue weighted by atomic mass is 9.98. The topological polar surface area (TPSA) is 58.2 Å². The first-order chi connectivity index (χ1) is 13.6. The second-order valence-corrected chi connectivity index (χ2v) is 7.84. The Morgan fingerprint density at radius 2 is 1.31 bits per heavy atom. The highest BCUT2D eigenvalue weighted by molar-refractivity contribution is 5.98. The van der Waals surface area contributed by atoms with Crippen molar-refractivity contribution in [3.05, 3.63) is 70.8 Å². The largest absolute Gasteiger partial charge is 0.348 e. The molecule has 0 aliphatic rings. The number of benzene rings is 2. The number of carbonyl (C=O) groups is 2. The molecule has 0 heterocycles. The highest BCUT2D eigenvalue weighted by Crippen LogP contribution is 2.19. The van der Waals surface area contributed by atoms with Crippen LogP contribution in [0.25, 0.3) is 0 Å². The molecule has 0 aromatic heterocycles. The molecule has 2 aromatic rings. The monoisotopic (exact) mass is 402 g/mol. The molecular weight excluding hydrogens is 374 g/mol. The van der Waals surface area contributed by atoms with Gasteiger partial charge in [0.05, 0.1) is 6.04 Å². The van der Waals surface area contributed by atoms with E-state index >= 15 is 0 Å². The van der Waals surface area contributed by atoms with Crippen LogP contribution in [0.5, 0.6) is 0 Å². The van der Waals surface area contributed by atoms with Gasteiger partial charge in [-0.15, -0.1) is 0 Å². The van der Waals surface area contributed by atoms with E-state index in [2.05, 4.69) is 24.5 Å². The highest BCUT2D eigenvalue weighted by Gasteiger charge is 2.28. The SMILES string of the molecule is CC(C)c1ccc(C(C)NC(=O)[C@@H](NC(=O)c2c(F)cccc2F)C(C)C)cc1. The van der Waals surface area contributed by atoms with Gasteiger partial charge in [0.2, 0.25) is 5.91 Å². The fourth-order valence-electron chi connectivity index (χ4n) is 3.02. The van der Waals surface area contributed by atoms with Crippen LogP contribution < -0.4 is 10.6 Å². The number of carbonyl (C=O) groups excluding carboxylic acids is 2. The van der Waals surface area contributed by atoms with E-state index in [9.17, 15) is 18.4 Å². The first kappa shape index (κ1) is 22.5. The molecule has 1 unspecified atom stereocenters. The first-order valence-corrected chi connectivity index (χ1v) is 9.77. The summed E-state index contributed by atoms with van der Waals surface area (Å²) in [6.07, 6.45) is 0. The van der Waals surface area contributed by atoms with Crippen molar-refractivity contribution in [3.63, 3.8) is 0 Å². The van der Waals surface area contributed by atoms with Gasteiger partial charge in [-0.3, -0.25) is 9.59 Å². The Balaban J connectivity index is 2.11. The van der Waals surface area contributed by atoms with E-state index in [-0.39, 0.29) is 12.0 Å². The maximum absolute atomic E-state index is 13.9. The maximum Gasteiger partial charge on any atom is 0.257 e. The van der Waals surface area contributed by atoms with Crippen LogP contribution in [0.15, 0.2) is 42.5 Å².